The van der Waals surface area contributed by atoms with Gasteiger partial charge in [0.25, 0.3) is 0 Å². The molecule has 0 aliphatic carbocycles. The molecule has 0 radical (unpaired) electrons. The van der Waals surface area contributed by atoms with Gasteiger partial charge in [0.1, 0.15) is 0 Å². The second-order valence-electron chi connectivity index (χ2n) is 4.49. The van der Waals surface area contributed by atoms with Crippen LogP contribution in [0.1, 0.15) is 11.3 Å². The molecule has 2 heterocycles. The quantitative estimate of drug-likeness (QED) is 0.696. The van der Waals surface area contributed by atoms with Crippen LogP contribution in [0.15, 0.2) is 48.8 Å². The van der Waals surface area contributed by atoms with E-state index in [1.165, 1.54) is 5.56 Å². The molecule has 90 valence electrons. The van der Waals surface area contributed by atoms with Crippen molar-refractivity contribution in [2.24, 2.45) is 0 Å². The fourth-order valence-corrected chi connectivity index (χ4v) is 2.23. The average Bonchev–Trinajstić information content (AvgIpc) is 2.77. The Labute approximate surface area is 106 Å². The Morgan fingerprint density at radius 2 is 2.06 bits per heavy atom. The largest absolute Gasteiger partial charge is 0.398 e. The van der Waals surface area contributed by atoms with E-state index in [4.69, 9.17) is 5.73 Å². The molecule has 0 aliphatic heterocycles. The lowest BCUT2D eigenvalue weighted by atomic mass is 10.2. The summed E-state index contributed by atoms with van der Waals surface area (Å²) in [5, 5.41) is 1.10. The number of rotatable bonds is 2. The van der Waals surface area contributed by atoms with Gasteiger partial charge in [-0.2, -0.15) is 0 Å². The molecule has 0 saturated heterocycles. The van der Waals surface area contributed by atoms with Gasteiger partial charge in [0.2, 0.25) is 0 Å². The monoisotopic (exact) mass is 237 g/mol. The molecular weight excluding hydrogens is 222 g/mol. The highest BCUT2D eigenvalue weighted by Crippen LogP contribution is 2.22. The Bertz CT molecular complexity index is 698. The normalized spacial score (nSPS) is 10.9. The summed E-state index contributed by atoms with van der Waals surface area (Å²) in [7, 11) is 0. The number of nitrogens with zero attached hydrogens (tertiary/aromatic N) is 2. The molecule has 0 bridgehead atoms. The van der Waals surface area contributed by atoms with Gasteiger partial charge in [-0.25, -0.2) is 0 Å². The van der Waals surface area contributed by atoms with E-state index in [0.29, 0.717) is 0 Å². The van der Waals surface area contributed by atoms with Crippen LogP contribution in [0.2, 0.25) is 0 Å². The lowest BCUT2D eigenvalue weighted by Gasteiger charge is -2.07. The number of benzene rings is 1. The minimum atomic E-state index is 0.777. The smallest absolute Gasteiger partial charge is 0.0651 e. The molecule has 3 aromatic rings. The number of nitrogen functional groups attached to an aromatic ring is 1. The first kappa shape index (κ1) is 10.8. The van der Waals surface area contributed by atoms with Gasteiger partial charge in [-0.1, -0.05) is 12.1 Å². The highest BCUT2D eigenvalue weighted by atomic mass is 15.0. The molecule has 0 amide bonds. The molecule has 0 atom stereocenters. The third-order valence-electron chi connectivity index (χ3n) is 3.29. The second-order valence-corrected chi connectivity index (χ2v) is 4.49. The van der Waals surface area contributed by atoms with E-state index in [-0.39, 0.29) is 0 Å². The van der Waals surface area contributed by atoms with Gasteiger partial charge >= 0.3 is 0 Å². The van der Waals surface area contributed by atoms with Crippen LogP contribution >= 0.6 is 0 Å². The van der Waals surface area contributed by atoms with Crippen molar-refractivity contribution in [1.29, 1.82) is 0 Å². The number of hydrogen-bond donors (Lipinski definition) is 1. The molecule has 0 spiro atoms. The Kier molecular flexibility index (Phi) is 2.52. The van der Waals surface area contributed by atoms with Crippen molar-refractivity contribution in [3.63, 3.8) is 0 Å². The van der Waals surface area contributed by atoms with Crippen molar-refractivity contribution >= 4 is 16.6 Å². The summed E-state index contributed by atoms with van der Waals surface area (Å²) in [6.45, 7) is 2.86. The summed E-state index contributed by atoms with van der Waals surface area (Å²) < 4.78 is 2.18. The van der Waals surface area contributed by atoms with E-state index in [0.717, 1.165) is 28.8 Å². The lowest BCUT2D eigenvalue weighted by Crippen LogP contribution is -2.02. The van der Waals surface area contributed by atoms with Crippen molar-refractivity contribution in [2.75, 3.05) is 5.73 Å². The minimum absolute atomic E-state index is 0.777. The molecule has 0 saturated carbocycles. The van der Waals surface area contributed by atoms with E-state index in [9.17, 15) is 0 Å². The first-order chi connectivity index (χ1) is 8.75. The Balaban J connectivity index is 2.06. The number of nitrogens with two attached hydrogens (primary N) is 1. The molecule has 3 heteroatoms. The van der Waals surface area contributed by atoms with Gasteiger partial charge in [0.05, 0.1) is 17.8 Å². The van der Waals surface area contributed by atoms with Crippen LogP contribution in [0.4, 0.5) is 5.69 Å². The van der Waals surface area contributed by atoms with Crippen LogP contribution in [-0.2, 0) is 6.54 Å². The van der Waals surface area contributed by atoms with Crippen LogP contribution in [-0.4, -0.2) is 9.55 Å². The number of aryl methyl sites for hydroxylation is 1. The van der Waals surface area contributed by atoms with E-state index in [1.807, 2.05) is 24.4 Å². The highest BCUT2D eigenvalue weighted by molar-refractivity contribution is 5.91. The van der Waals surface area contributed by atoms with Crippen molar-refractivity contribution < 1.29 is 0 Å². The molecule has 3 rings (SSSR count). The maximum atomic E-state index is 5.96. The first-order valence-corrected chi connectivity index (χ1v) is 5.99. The first-order valence-electron chi connectivity index (χ1n) is 5.99. The lowest BCUT2D eigenvalue weighted by molar-refractivity contribution is 0.799. The van der Waals surface area contributed by atoms with Crippen molar-refractivity contribution in [1.82, 2.24) is 9.55 Å². The SMILES string of the molecule is Cc1cccnc1Cn1ccc2c(N)cccc21. The molecule has 2 N–H and O–H groups in total. The molecule has 1 aromatic carbocycles. The van der Waals surface area contributed by atoms with Crippen LogP contribution < -0.4 is 5.73 Å². The fourth-order valence-electron chi connectivity index (χ4n) is 2.23. The number of aromatic nitrogens is 2. The number of hydrogen-bond acceptors (Lipinski definition) is 2. The zero-order valence-corrected chi connectivity index (χ0v) is 10.3. The standard InChI is InChI=1S/C15H15N3/c1-11-4-3-8-17-14(11)10-18-9-7-12-13(16)5-2-6-15(12)18/h2-9H,10,16H2,1H3. The maximum Gasteiger partial charge on any atom is 0.0651 e. The zero-order valence-electron chi connectivity index (χ0n) is 10.3. The Hall–Kier alpha value is -2.29. The topological polar surface area (TPSA) is 43.8 Å². The van der Waals surface area contributed by atoms with Crippen LogP contribution in [0.5, 0.6) is 0 Å². The van der Waals surface area contributed by atoms with Crippen LogP contribution in [0.3, 0.4) is 0 Å². The number of pyridine rings is 1. The molecule has 3 nitrogen and oxygen atoms in total. The van der Waals surface area contributed by atoms with Crippen molar-refractivity contribution in [3.8, 4) is 0 Å². The van der Waals surface area contributed by atoms with Gasteiger partial charge in [-0.3, -0.25) is 4.98 Å². The second kappa shape index (κ2) is 4.18. The summed E-state index contributed by atoms with van der Waals surface area (Å²) >= 11 is 0. The van der Waals surface area contributed by atoms with Gasteiger partial charge in [0.15, 0.2) is 0 Å². The summed E-state index contributed by atoms with van der Waals surface area (Å²) in [6, 6.07) is 12.1. The van der Waals surface area contributed by atoms with Gasteiger partial charge < -0.3 is 10.3 Å². The third-order valence-corrected chi connectivity index (χ3v) is 3.29. The Morgan fingerprint density at radius 3 is 2.89 bits per heavy atom. The number of anilines is 1. The van der Waals surface area contributed by atoms with E-state index in [2.05, 4.69) is 40.9 Å². The molecule has 0 fully saturated rings. The fraction of sp³-hybridized carbons (Fsp3) is 0.133. The highest BCUT2D eigenvalue weighted by Gasteiger charge is 2.05. The summed E-state index contributed by atoms with van der Waals surface area (Å²) in [6.07, 6.45) is 3.90. The van der Waals surface area contributed by atoms with Crippen molar-refractivity contribution in [3.05, 3.63) is 60.0 Å². The zero-order chi connectivity index (χ0) is 12.5. The average molecular weight is 237 g/mol. The Morgan fingerprint density at radius 1 is 1.17 bits per heavy atom. The minimum Gasteiger partial charge on any atom is -0.398 e. The summed E-state index contributed by atoms with van der Waals surface area (Å²) in [4.78, 5) is 4.43. The van der Waals surface area contributed by atoms with E-state index in [1.54, 1.807) is 0 Å². The van der Waals surface area contributed by atoms with Gasteiger partial charge in [-0.05, 0) is 36.8 Å². The van der Waals surface area contributed by atoms with Crippen LogP contribution in [0, 0.1) is 6.92 Å². The molecular formula is C15H15N3. The molecule has 0 unspecified atom stereocenters. The molecule has 2 aromatic heterocycles. The molecule has 0 aliphatic rings. The van der Waals surface area contributed by atoms with Crippen molar-refractivity contribution in [2.45, 2.75) is 13.5 Å². The summed E-state index contributed by atoms with van der Waals surface area (Å²) in [5.74, 6) is 0. The van der Waals surface area contributed by atoms with Gasteiger partial charge in [0, 0.05) is 23.5 Å². The third kappa shape index (κ3) is 1.74. The number of fused-ring (bicyclic) bond motifs is 1. The van der Waals surface area contributed by atoms with Gasteiger partial charge in [-0.15, -0.1) is 0 Å². The maximum absolute atomic E-state index is 5.96. The van der Waals surface area contributed by atoms with E-state index < -0.39 is 0 Å². The summed E-state index contributed by atoms with van der Waals surface area (Å²) in [5.41, 5.74) is 10.2. The molecule has 18 heavy (non-hydrogen) atoms. The van der Waals surface area contributed by atoms with Crippen LogP contribution in [0.25, 0.3) is 10.9 Å². The predicted molar refractivity (Wildman–Crippen MR) is 74.4 cm³/mol. The van der Waals surface area contributed by atoms with E-state index >= 15 is 0 Å². The predicted octanol–water partition coefficient (Wildman–Crippen LogP) is 2.98.